The number of anilines is 4. The number of aromatic nitrogens is 3. The molecular formula is C23H19F3N6O2. The summed E-state index contributed by atoms with van der Waals surface area (Å²) in [5, 5.41) is 6.11. The minimum absolute atomic E-state index is 0.138. The van der Waals surface area contributed by atoms with Crippen molar-refractivity contribution < 1.29 is 22.8 Å². The van der Waals surface area contributed by atoms with Gasteiger partial charge in [-0.15, -0.1) is 0 Å². The first-order chi connectivity index (χ1) is 16.1. The summed E-state index contributed by atoms with van der Waals surface area (Å²) < 4.78 is 40.5. The van der Waals surface area contributed by atoms with Gasteiger partial charge in [0.2, 0.25) is 0 Å². The number of rotatable bonds is 6. The van der Waals surface area contributed by atoms with Crippen LogP contribution in [0.25, 0.3) is 10.9 Å². The van der Waals surface area contributed by atoms with Crippen LogP contribution in [0.5, 0.6) is 0 Å². The molecule has 0 unspecified atom stereocenters. The zero-order valence-electron chi connectivity index (χ0n) is 18.1. The van der Waals surface area contributed by atoms with Crippen molar-refractivity contribution in [1.82, 2.24) is 19.9 Å². The lowest BCUT2D eigenvalue weighted by Crippen LogP contribution is -2.29. The largest absolute Gasteiger partial charge is 0.419 e. The fourth-order valence-corrected chi connectivity index (χ4v) is 3.28. The predicted molar refractivity (Wildman–Crippen MR) is 121 cm³/mol. The van der Waals surface area contributed by atoms with E-state index >= 15 is 0 Å². The van der Waals surface area contributed by atoms with E-state index in [4.69, 9.17) is 0 Å². The molecule has 0 atom stereocenters. The van der Waals surface area contributed by atoms with Gasteiger partial charge < -0.3 is 20.5 Å². The van der Waals surface area contributed by atoms with E-state index < -0.39 is 23.4 Å². The zero-order chi connectivity index (χ0) is 24.5. The van der Waals surface area contributed by atoms with Crippen LogP contribution in [0.3, 0.4) is 0 Å². The Hall–Kier alpha value is -4.41. The van der Waals surface area contributed by atoms with Crippen molar-refractivity contribution in [3.05, 3.63) is 72.2 Å². The number of halogens is 3. The minimum Gasteiger partial charge on any atom is -0.360 e. The van der Waals surface area contributed by atoms with E-state index in [0.29, 0.717) is 16.6 Å². The topological polar surface area (TPSA) is 103 Å². The Kier molecular flexibility index (Phi) is 5.93. The first kappa shape index (κ1) is 22.8. The van der Waals surface area contributed by atoms with Crippen molar-refractivity contribution in [2.75, 3.05) is 24.7 Å². The van der Waals surface area contributed by atoms with Gasteiger partial charge in [0, 0.05) is 55.3 Å². The number of pyridine rings is 2. The van der Waals surface area contributed by atoms with Crippen LogP contribution in [0, 0.1) is 0 Å². The summed E-state index contributed by atoms with van der Waals surface area (Å²) >= 11 is 0. The molecule has 0 spiro atoms. The Morgan fingerprint density at radius 3 is 2.47 bits per heavy atom. The molecule has 0 bridgehead atoms. The molecule has 3 heterocycles. The molecule has 4 aromatic rings. The van der Waals surface area contributed by atoms with Gasteiger partial charge in [-0.25, -0.2) is 9.97 Å². The van der Waals surface area contributed by atoms with E-state index in [1.165, 1.54) is 37.5 Å². The smallest absolute Gasteiger partial charge is 0.360 e. The normalized spacial score (nSPS) is 11.3. The standard InChI is InChI=1S/C23H19F3N6O2/c1-32(2)22(34)21(33)15-11-28-17-7-6-13(9-14(15)17)30-20-10-18(16(12-29-20)23(24,25)26)31-19-5-3-4-8-27-19/h3-12,28H,1-2H3,(H2,27,29,30,31). The summed E-state index contributed by atoms with van der Waals surface area (Å²) in [6.07, 6.45) is -0.987. The van der Waals surface area contributed by atoms with Gasteiger partial charge in [0.1, 0.15) is 11.6 Å². The number of carbonyl (C=O) groups is 2. The second kappa shape index (κ2) is 8.85. The Labute approximate surface area is 191 Å². The van der Waals surface area contributed by atoms with Crippen LogP contribution in [-0.2, 0) is 11.0 Å². The highest BCUT2D eigenvalue weighted by atomic mass is 19.4. The Morgan fingerprint density at radius 2 is 1.79 bits per heavy atom. The number of nitrogens with zero attached hydrogens (tertiary/aromatic N) is 3. The second-order valence-corrected chi connectivity index (χ2v) is 7.57. The molecule has 1 amide bonds. The van der Waals surface area contributed by atoms with Gasteiger partial charge in [-0.3, -0.25) is 9.59 Å². The van der Waals surface area contributed by atoms with Crippen LogP contribution in [0.4, 0.5) is 36.2 Å². The van der Waals surface area contributed by atoms with E-state index in [1.807, 2.05) is 0 Å². The van der Waals surface area contributed by atoms with Crippen LogP contribution >= 0.6 is 0 Å². The highest BCUT2D eigenvalue weighted by molar-refractivity contribution is 6.44. The first-order valence-electron chi connectivity index (χ1n) is 10.0. The predicted octanol–water partition coefficient (Wildman–Crippen LogP) is 4.73. The molecule has 3 aromatic heterocycles. The van der Waals surface area contributed by atoms with Gasteiger partial charge in [-0.05, 0) is 30.3 Å². The van der Waals surface area contributed by atoms with Crippen LogP contribution in [0.1, 0.15) is 15.9 Å². The van der Waals surface area contributed by atoms with Gasteiger partial charge >= 0.3 is 6.18 Å². The van der Waals surface area contributed by atoms with E-state index in [-0.39, 0.29) is 22.9 Å². The van der Waals surface area contributed by atoms with Crippen LogP contribution in [0.15, 0.2) is 61.1 Å². The average molecular weight is 468 g/mol. The van der Waals surface area contributed by atoms with Crippen molar-refractivity contribution in [1.29, 1.82) is 0 Å². The van der Waals surface area contributed by atoms with E-state index in [1.54, 1.807) is 36.4 Å². The third kappa shape index (κ3) is 4.68. The van der Waals surface area contributed by atoms with Crippen molar-refractivity contribution in [2.24, 2.45) is 0 Å². The number of ketones is 1. The maximum atomic E-state index is 13.5. The maximum absolute atomic E-state index is 13.5. The molecule has 8 nitrogen and oxygen atoms in total. The summed E-state index contributed by atoms with van der Waals surface area (Å²) in [4.78, 5) is 36.6. The third-order valence-corrected chi connectivity index (χ3v) is 4.94. The number of likely N-dealkylation sites (N-methyl/N-ethyl adjacent to an activating group) is 1. The summed E-state index contributed by atoms with van der Waals surface area (Å²) in [5.74, 6) is -0.969. The minimum atomic E-state index is -4.62. The number of hydrogen-bond acceptors (Lipinski definition) is 6. The summed E-state index contributed by atoms with van der Waals surface area (Å²) in [5.41, 5.74) is 0.113. The molecule has 34 heavy (non-hydrogen) atoms. The summed E-state index contributed by atoms with van der Waals surface area (Å²) in [6.45, 7) is 0. The van der Waals surface area contributed by atoms with Gasteiger partial charge in [-0.2, -0.15) is 13.2 Å². The molecular weight excluding hydrogens is 449 g/mol. The van der Waals surface area contributed by atoms with Gasteiger partial charge in [0.05, 0.1) is 16.8 Å². The number of aromatic amines is 1. The van der Waals surface area contributed by atoms with Crippen molar-refractivity contribution in [2.45, 2.75) is 6.18 Å². The Morgan fingerprint density at radius 1 is 1.00 bits per heavy atom. The molecule has 0 saturated heterocycles. The maximum Gasteiger partial charge on any atom is 0.419 e. The zero-order valence-corrected chi connectivity index (χ0v) is 18.1. The van der Waals surface area contributed by atoms with Gasteiger partial charge in [0.25, 0.3) is 11.7 Å². The molecule has 0 radical (unpaired) electrons. The number of amides is 1. The lowest BCUT2D eigenvalue weighted by atomic mass is 10.1. The highest BCUT2D eigenvalue weighted by Crippen LogP contribution is 2.37. The number of H-pyrrole nitrogens is 1. The Balaban J connectivity index is 1.67. The number of carbonyl (C=O) groups excluding carboxylic acids is 2. The monoisotopic (exact) mass is 468 g/mol. The molecule has 11 heteroatoms. The molecule has 0 aliphatic carbocycles. The lowest BCUT2D eigenvalue weighted by Gasteiger charge is -2.15. The van der Waals surface area contributed by atoms with Crippen LogP contribution in [0.2, 0.25) is 0 Å². The average Bonchev–Trinajstić information content (AvgIpc) is 3.21. The third-order valence-electron chi connectivity index (χ3n) is 4.94. The quantitative estimate of drug-likeness (QED) is 0.279. The number of hydrogen-bond donors (Lipinski definition) is 3. The van der Waals surface area contributed by atoms with Crippen molar-refractivity contribution >= 4 is 45.6 Å². The molecule has 4 rings (SSSR count). The number of fused-ring (bicyclic) bond motifs is 1. The fourth-order valence-electron chi connectivity index (χ4n) is 3.28. The summed E-state index contributed by atoms with van der Waals surface area (Å²) in [7, 11) is 2.96. The molecule has 174 valence electrons. The van der Waals surface area contributed by atoms with Crippen LogP contribution < -0.4 is 10.6 Å². The Bertz CT molecular complexity index is 1370. The number of benzene rings is 1. The molecule has 0 aliphatic heterocycles. The number of Topliss-reactive ketones (excluding diaryl/α,β-unsaturated/α-hetero) is 1. The number of nitrogens with one attached hydrogen (secondary N) is 3. The van der Waals surface area contributed by atoms with Crippen molar-refractivity contribution in [3.8, 4) is 0 Å². The highest BCUT2D eigenvalue weighted by Gasteiger charge is 2.34. The molecule has 0 fully saturated rings. The molecule has 0 aliphatic rings. The fraction of sp³-hybridized carbons (Fsp3) is 0.130. The van der Waals surface area contributed by atoms with Crippen LogP contribution in [-0.4, -0.2) is 45.6 Å². The summed E-state index contributed by atoms with van der Waals surface area (Å²) in [6, 6.07) is 11.0. The van der Waals surface area contributed by atoms with E-state index in [0.717, 1.165) is 6.20 Å². The molecule has 0 saturated carbocycles. The lowest BCUT2D eigenvalue weighted by molar-refractivity contribution is -0.137. The van der Waals surface area contributed by atoms with E-state index in [9.17, 15) is 22.8 Å². The second-order valence-electron chi connectivity index (χ2n) is 7.57. The molecule has 1 aromatic carbocycles. The van der Waals surface area contributed by atoms with Crippen molar-refractivity contribution in [3.63, 3.8) is 0 Å². The van der Waals surface area contributed by atoms with E-state index in [2.05, 4.69) is 25.6 Å². The van der Waals surface area contributed by atoms with Gasteiger partial charge in [0.15, 0.2) is 0 Å². The number of alkyl halides is 3. The SMILES string of the molecule is CN(C)C(=O)C(=O)c1c[nH]c2ccc(Nc3cc(Nc4ccccn4)c(C(F)(F)F)cn3)cc12. The van der Waals surface area contributed by atoms with Gasteiger partial charge in [-0.1, -0.05) is 6.07 Å². The first-order valence-corrected chi connectivity index (χ1v) is 10.0. The molecule has 3 N–H and O–H groups in total.